The molecule has 0 aliphatic heterocycles. The first-order chi connectivity index (χ1) is 7.95. The standard InChI is InChI=1S/C16H16/c1-2-7-13(8-3-1)16-12-6-10-14-9-4-5-11-15(14)16/h1-3,5-8,10-12,14-15H,4,9H2. The van der Waals surface area contributed by atoms with Crippen LogP contribution in [0, 0.1) is 11.8 Å². The van der Waals surface area contributed by atoms with Gasteiger partial charge in [0.2, 0.25) is 0 Å². The van der Waals surface area contributed by atoms with E-state index in [0.29, 0.717) is 11.8 Å². The Kier molecular flexibility index (Phi) is 2.49. The molecule has 0 heteroatoms. The highest BCUT2D eigenvalue weighted by Gasteiger charge is 2.25. The second kappa shape index (κ2) is 4.13. The van der Waals surface area contributed by atoms with E-state index in [4.69, 9.17) is 0 Å². The molecule has 0 spiro atoms. The minimum atomic E-state index is 0.598. The quantitative estimate of drug-likeness (QED) is 0.606. The second-order valence-corrected chi connectivity index (χ2v) is 4.57. The molecule has 0 fully saturated rings. The summed E-state index contributed by atoms with van der Waals surface area (Å²) >= 11 is 0. The maximum Gasteiger partial charge on any atom is 0.00869 e. The van der Waals surface area contributed by atoms with Crippen LogP contribution in [-0.4, -0.2) is 0 Å². The number of hydrogen-bond acceptors (Lipinski definition) is 0. The monoisotopic (exact) mass is 208 g/mol. The van der Waals surface area contributed by atoms with E-state index < -0.39 is 0 Å². The largest absolute Gasteiger partial charge is 0.0879 e. The van der Waals surface area contributed by atoms with Crippen molar-refractivity contribution in [2.45, 2.75) is 12.8 Å². The van der Waals surface area contributed by atoms with Gasteiger partial charge in [0.25, 0.3) is 0 Å². The number of fused-ring (bicyclic) bond motifs is 1. The minimum Gasteiger partial charge on any atom is -0.0879 e. The van der Waals surface area contributed by atoms with Gasteiger partial charge in [-0.15, -0.1) is 0 Å². The van der Waals surface area contributed by atoms with Gasteiger partial charge < -0.3 is 0 Å². The number of benzene rings is 1. The molecular weight excluding hydrogens is 192 g/mol. The molecule has 0 aromatic heterocycles. The smallest absolute Gasteiger partial charge is 0.00869 e. The van der Waals surface area contributed by atoms with Crippen molar-refractivity contribution < 1.29 is 0 Å². The summed E-state index contributed by atoms with van der Waals surface area (Å²) in [5.74, 6) is 1.31. The molecule has 2 aliphatic rings. The lowest BCUT2D eigenvalue weighted by atomic mass is 9.74. The maximum absolute atomic E-state index is 2.39. The van der Waals surface area contributed by atoms with Gasteiger partial charge in [-0.2, -0.15) is 0 Å². The Balaban J connectivity index is 2.00. The Hall–Kier alpha value is -1.56. The summed E-state index contributed by atoms with van der Waals surface area (Å²) in [5.41, 5.74) is 2.84. The van der Waals surface area contributed by atoms with Crippen molar-refractivity contribution in [1.82, 2.24) is 0 Å². The third kappa shape index (κ3) is 1.65. The predicted octanol–water partition coefficient (Wildman–Crippen LogP) is 4.22. The van der Waals surface area contributed by atoms with Gasteiger partial charge >= 0.3 is 0 Å². The molecular formula is C16H16. The molecule has 2 aliphatic carbocycles. The summed E-state index contributed by atoms with van der Waals surface area (Å²) in [6, 6.07) is 10.7. The van der Waals surface area contributed by atoms with Gasteiger partial charge in [0, 0.05) is 5.92 Å². The normalized spacial score (nSPS) is 27.4. The van der Waals surface area contributed by atoms with E-state index in [1.54, 1.807) is 0 Å². The van der Waals surface area contributed by atoms with Gasteiger partial charge in [0.1, 0.15) is 0 Å². The maximum atomic E-state index is 2.39. The van der Waals surface area contributed by atoms with E-state index in [2.05, 4.69) is 60.7 Å². The summed E-state index contributed by atoms with van der Waals surface area (Å²) in [6.45, 7) is 0. The number of hydrogen-bond donors (Lipinski definition) is 0. The molecule has 1 aromatic carbocycles. The molecule has 0 heterocycles. The van der Waals surface area contributed by atoms with Crippen LogP contribution in [0.1, 0.15) is 18.4 Å². The highest BCUT2D eigenvalue weighted by molar-refractivity contribution is 5.72. The molecule has 1 aromatic rings. The zero-order valence-electron chi connectivity index (χ0n) is 9.34. The van der Waals surface area contributed by atoms with Crippen molar-refractivity contribution >= 4 is 5.57 Å². The van der Waals surface area contributed by atoms with Crippen LogP contribution >= 0.6 is 0 Å². The fraction of sp³-hybridized carbons (Fsp3) is 0.250. The highest BCUT2D eigenvalue weighted by atomic mass is 14.3. The summed E-state index contributed by atoms with van der Waals surface area (Å²) in [5, 5.41) is 0. The molecule has 0 amide bonds. The molecule has 0 saturated carbocycles. The summed E-state index contributed by atoms with van der Waals surface area (Å²) < 4.78 is 0. The first-order valence-corrected chi connectivity index (χ1v) is 6.05. The molecule has 3 rings (SSSR count). The zero-order chi connectivity index (χ0) is 10.8. The molecule has 0 saturated heterocycles. The topological polar surface area (TPSA) is 0 Å². The summed E-state index contributed by atoms with van der Waals surface area (Å²) in [7, 11) is 0. The van der Waals surface area contributed by atoms with E-state index in [0.717, 1.165) is 0 Å². The van der Waals surface area contributed by atoms with Crippen molar-refractivity contribution in [2.24, 2.45) is 11.8 Å². The third-order valence-electron chi connectivity index (χ3n) is 3.57. The van der Waals surface area contributed by atoms with E-state index in [-0.39, 0.29) is 0 Å². The first kappa shape index (κ1) is 9.65. The van der Waals surface area contributed by atoms with Crippen molar-refractivity contribution in [1.29, 1.82) is 0 Å². The van der Waals surface area contributed by atoms with Crippen molar-refractivity contribution in [3.05, 3.63) is 66.3 Å². The molecule has 16 heavy (non-hydrogen) atoms. The van der Waals surface area contributed by atoms with Gasteiger partial charge in [0.15, 0.2) is 0 Å². The molecule has 80 valence electrons. The lowest BCUT2D eigenvalue weighted by Gasteiger charge is -2.30. The fourth-order valence-corrected chi connectivity index (χ4v) is 2.74. The Morgan fingerprint density at radius 3 is 2.75 bits per heavy atom. The summed E-state index contributed by atoms with van der Waals surface area (Å²) in [6.07, 6.45) is 14.1. The molecule has 0 radical (unpaired) electrons. The van der Waals surface area contributed by atoms with Crippen molar-refractivity contribution in [3.63, 3.8) is 0 Å². The molecule has 2 unspecified atom stereocenters. The minimum absolute atomic E-state index is 0.598. The first-order valence-electron chi connectivity index (χ1n) is 6.05. The Labute approximate surface area is 97.0 Å². The second-order valence-electron chi connectivity index (χ2n) is 4.57. The zero-order valence-corrected chi connectivity index (χ0v) is 9.34. The summed E-state index contributed by atoms with van der Waals surface area (Å²) in [4.78, 5) is 0. The van der Waals surface area contributed by atoms with E-state index >= 15 is 0 Å². The number of allylic oxidation sites excluding steroid dienone is 6. The van der Waals surface area contributed by atoms with E-state index in [9.17, 15) is 0 Å². The third-order valence-corrected chi connectivity index (χ3v) is 3.57. The lowest BCUT2D eigenvalue weighted by molar-refractivity contribution is 0.503. The predicted molar refractivity (Wildman–Crippen MR) is 68.9 cm³/mol. The van der Waals surface area contributed by atoms with Crippen LogP contribution in [-0.2, 0) is 0 Å². The van der Waals surface area contributed by atoms with E-state index in [1.165, 1.54) is 24.0 Å². The van der Waals surface area contributed by atoms with Gasteiger partial charge in [-0.05, 0) is 29.9 Å². The molecule has 0 N–H and O–H groups in total. The molecule has 2 atom stereocenters. The highest BCUT2D eigenvalue weighted by Crippen LogP contribution is 2.38. The van der Waals surface area contributed by atoms with Gasteiger partial charge in [-0.1, -0.05) is 60.7 Å². The van der Waals surface area contributed by atoms with E-state index in [1.807, 2.05) is 0 Å². The lowest BCUT2D eigenvalue weighted by Crippen LogP contribution is -2.17. The van der Waals surface area contributed by atoms with Crippen LogP contribution in [0.15, 0.2) is 60.7 Å². The van der Waals surface area contributed by atoms with Gasteiger partial charge in [0.05, 0.1) is 0 Å². The van der Waals surface area contributed by atoms with Gasteiger partial charge in [-0.25, -0.2) is 0 Å². The Bertz CT molecular complexity index is 448. The molecule has 0 bridgehead atoms. The van der Waals surface area contributed by atoms with Crippen LogP contribution in [0.25, 0.3) is 5.57 Å². The van der Waals surface area contributed by atoms with Gasteiger partial charge in [-0.3, -0.25) is 0 Å². The van der Waals surface area contributed by atoms with Crippen LogP contribution in [0.2, 0.25) is 0 Å². The number of rotatable bonds is 1. The van der Waals surface area contributed by atoms with Crippen molar-refractivity contribution in [2.75, 3.05) is 0 Å². The average Bonchev–Trinajstić information content (AvgIpc) is 2.39. The SMILES string of the molecule is C1=CC2CCC=CC2C(c2ccccc2)=C1. The Morgan fingerprint density at radius 2 is 1.88 bits per heavy atom. The fourth-order valence-electron chi connectivity index (χ4n) is 2.74. The van der Waals surface area contributed by atoms with Crippen molar-refractivity contribution in [3.8, 4) is 0 Å². The molecule has 0 nitrogen and oxygen atoms in total. The van der Waals surface area contributed by atoms with Crippen LogP contribution in [0.4, 0.5) is 0 Å². The Morgan fingerprint density at radius 1 is 1.00 bits per heavy atom. The van der Waals surface area contributed by atoms with Crippen LogP contribution in [0.5, 0.6) is 0 Å². The van der Waals surface area contributed by atoms with Crippen LogP contribution < -0.4 is 0 Å². The van der Waals surface area contributed by atoms with Crippen LogP contribution in [0.3, 0.4) is 0 Å². The average molecular weight is 208 g/mol.